The zero-order chi connectivity index (χ0) is 9.36. The molecule has 0 saturated heterocycles. The number of hydrogen-bond acceptors (Lipinski definition) is 2. The molecule has 0 atom stereocenters. The molecule has 0 aromatic carbocycles. The summed E-state index contributed by atoms with van der Waals surface area (Å²) in [5.41, 5.74) is 0. The van der Waals surface area contributed by atoms with Gasteiger partial charge in [0.2, 0.25) is 0 Å². The van der Waals surface area contributed by atoms with E-state index in [0.29, 0.717) is 5.78 Å². The lowest BCUT2D eigenvalue weighted by atomic mass is 10.1. The average Bonchev–Trinajstić information content (AvgIpc) is 2.11. The van der Waals surface area contributed by atoms with Crippen molar-refractivity contribution in [2.24, 2.45) is 4.99 Å². The van der Waals surface area contributed by atoms with Gasteiger partial charge in [-0.1, -0.05) is 6.42 Å². The van der Waals surface area contributed by atoms with E-state index in [4.69, 9.17) is 0 Å². The van der Waals surface area contributed by atoms with Crippen molar-refractivity contribution in [2.75, 3.05) is 6.54 Å². The lowest BCUT2D eigenvalue weighted by molar-refractivity contribution is -0.119. The summed E-state index contributed by atoms with van der Waals surface area (Å²) in [6.45, 7) is 0.953. The first-order valence-electron chi connectivity index (χ1n) is 5.39. The van der Waals surface area contributed by atoms with Gasteiger partial charge in [-0.25, -0.2) is 0 Å². The Balaban J connectivity index is 2.24. The van der Waals surface area contributed by atoms with Crippen LogP contribution in [0.15, 0.2) is 4.99 Å². The molecule has 0 aliphatic carbocycles. The van der Waals surface area contributed by atoms with E-state index in [2.05, 4.69) is 4.99 Å². The molecule has 1 rings (SSSR count). The molecule has 0 fully saturated rings. The van der Waals surface area contributed by atoms with Gasteiger partial charge in [0.15, 0.2) is 0 Å². The molecule has 0 bridgehead atoms. The van der Waals surface area contributed by atoms with Crippen LogP contribution in [0.5, 0.6) is 0 Å². The van der Waals surface area contributed by atoms with Gasteiger partial charge in [0.25, 0.3) is 0 Å². The Bertz CT molecular complexity index is 175. The first kappa shape index (κ1) is 10.4. The van der Waals surface area contributed by atoms with Crippen molar-refractivity contribution in [3.8, 4) is 0 Å². The molecule has 0 aromatic rings. The highest BCUT2D eigenvalue weighted by Gasteiger charge is 2.01. The number of Topliss-reactive ketones (excluding diaryl/α,β-unsaturated/α-hetero) is 1. The Morgan fingerprint density at radius 2 is 1.77 bits per heavy atom. The number of carbonyl (C=O) groups excluding carboxylic acids is 1. The van der Waals surface area contributed by atoms with E-state index in [1.165, 1.54) is 0 Å². The number of hydrogen-bond donors (Lipinski definition) is 0. The maximum absolute atomic E-state index is 11.3. The van der Waals surface area contributed by atoms with Gasteiger partial charge in [-0.3, -0.25) is 9.79 Å². The molecule has 74 valence electrons. The number of carbonyl (C=O) groups is 1. The van der Waals surface area contributed by atoms with E-state index < -0.39 is 0 Å². The fourth-order valence-electron chi connectivity index (χ4n) is 1.57. The Kier molecular flexibility index (Phi) is 5.46. The van der Waals surface area contributed by atoms with E-state index in [1.54, 1.807) is 0 Å². The van der Waals surface area contributed by atoms with Gasteiger partial charge >= 0.3 is 0 Å². The maximum Gasteiger partial charge on any atom is 0.132 e. The number of aliphatic imine (C=N–C) groups is 1. The van der Waals surface area contributed by atoms with Crippen LogP contribution in [0, 0.1) is 0 Å². The Labute approximate surface area is 80.4 Å². The number of ketones is 1. The molecule has 0 radical (unpaired) electrons. The summed E-state index contributed by atoms with van der Waals surface area (Å²) in [4.78, 5) is 15.6. The number of rotatable bonds is 0. The first-order chi connectivity index (χ1) is 6.39. The average molecular weight is 181 g/mol. The molecule has 0 saturated carbocycles. The predicted molar refractivity (Wildman–Crippen MR) is 55.3 cm³/mol. The summed E-state index contributed by atoms with van der Waals surface area (Å²) >= 11 is 0. The monoisotopic (exact) mass is 181 g/mol. The maximum atomic E-state index is 11.3. The molecule has 1 aliphatic rings. The van der Waals surface area contributed by atoms with Gasteiger partial charge in [0.05, 0.1) is 0 Å². The van der Waals surface area contributed by atoms with Crippen LogP contribution < -0.4 is 0 Å². The van der Waals surface area contributed by atoms with Crippen LogP contribution in [0.25, 0.3) is 0 Å². The SMILES string of the molecule is O=C1CCCCC=NCCCCC1. The quantitative estimate of drug-likeness (QED) is 0.565. The lowest BCUT2D eigenvalue weighted by Gasteiger charge is -2.02. The van der Waals surface area contributed by atoms with Crippen molar-refractivity contribution >= 4 is 12.0 Å². The second-order valence-electron chi connectivity index (χ2n) is 3.68. The molecule has 0 unspecified atom stereocenters. The minimum Gasteiger partial charge on any atom is -0.300 e. The molecule has 0 N–H and O–H groups in total. The summed E-state index contributed by atoms with van der Waals surface area (Å²) in [5.74, 6) is 0.456. The van der Waals surface area contributed by atoms with Crippen LogP contribution in [0.2, 0.25) is 0 Å². The third kappa shape index (κ3) is 5.56. The first-order valence-corrected chi connectivity index (χ1v) is 5.39. The van der Waals surface area contributed by atoms with Gasteiger partial charge in [0, 0.05) is 19.4 Å². The highest BCUT2D eigenvalue weighted by molar-refractivity contribution is 5.78. The number of nitrogens with zero attached hydrogens (tertiary/aromatic N) is 1. The van der Waals surface area contributed by atoms with Crippen molar-refractivity contribution in [1.82, 2.24) is 0 Å². The predicted octanol–water partition coefficient (Wildman–Crippen LogP) is 2.76. The molecule has 0 aromatic heterocycles. The van der Waals surface area contributed by atoms with Crippen LogP contribution in [0.3, 0.4) is 0 Å². The molecular weight excluding hydrogens is 162 g/mol. The second kappa shape index (κ2) is 6.81. The van der Waals surface area contributed by atoms with Crippen LogP contribution in [0.1, 0.15) is 51.4 Å². The summed E-state index contributed by atoms with van der Waals surface area (Å²) in [6.07, 6.45) is 10.2. The molecular formula is C11H19NO. The highest BCUT2D eigenvalue weighted by Crippen LogP contribution is 2.07. The lowest BCUT2D eigenvalue weighted by Crippen LogP contribution is -1.99. The minimum absolute atomic E-state index is 0.456. The molecule has 1 aliphatic heterocycles. The topological polar surface area (TPSA) is 29.4 Å². The molecule has 13 heavy (non-hydrogen) atoms. The standard InChI is InChI=1S/C11H19NO/c13-11-7-3-1-5-9-12-10-6-2-4-8-11/h9H,1-8,10H2. The zero-order valence-corrected chi connectivity index (χ0v) is 8.30. The Morgan fingerprint density at radius 1 is 1.00 bits per heavy atom. The van der Waals surface area contributed by atoms with Crippen LogP contribution in [-0.2, 0) is 4.79 Å². The zero-order valence-electron chi connectivity index (χ0n) is 8.30. The smallest absolute Gasteiger partial charge is 0.132 e. The largest absolute Gasteiger partial charge is 0.300 e. The Morgan fingerprint density at radius 3 is 2.62 bits per heavy atom. The fourth-order valence-corrected chi connectivity index (χ4v) is 1.57. The van der Waals surface area contributed by atoms with Crippen molar-refractivity contribution in [3.63, 3.8) is 0 Å². The van der Waals surface area contributed by atoms with E-state index in [9.17, 15) is 4.79 Å². The van der Waals surface area contributed by atoms with Crippen LogP contribution in [0.4, 0.5) is 0 Å². The van der Waals surface area contributed by atoms with E-state index in [1.807, 2.05) is 6.21 Å². The fraction of sp³-hybridized carbons (Fsp3) is 0.818. The second-order valence-corrected chi connectivity index (χ2v) is 3.68. The third-order valence-corrected chi connectivity index (χ3v) is 2.41. The molecule has 1 heterocycles. The highest BCUT2D eigenvalue weighted by atomic mass is 16.1. The van der Waals surface area contributed by atoms with Gasteiger partial charge in [-0.2, -0.15) is 0 Å². The van der Waals surface area contributed by atoms with Gasteiger partial charge in [0.1, 0.15) is 5.78 Å². The minimum atomic E-state index is 0.456. The van der Waals surface area contributed by atoms with Crippen LogP contribution in [-0.4, -0.2) is 18.5 Å². The van der Waals surface area contributed by atoms with Crippen LogP contribution >= 0.6 is 0 Å². The Hall–Kier alpha value is -0.660. The van der Waals surface area contributed by atoms with Gasteiger partial charge in [-0.05, 0) is 38.3 Å². The van der Waals surface area contributed by atoms with E-state index >= 15 is 0 Å². The molecule has 0 amide bonds. The van der Waals surface area contributed by atoms with Crippen molar-refractivity contribution < 1.29 is 4.79 Å². The summed E-state index contributed by atoms with van der Waals surface area (Å²) in [5, 5.41) is 0. The normalized spacial score (nSPS) is 22.0. The van der Waals surface area contributed by atoms with Gasteiger partial charge in [-0.15, -0.1) is 0 Å². The van der Waals surface area contributed by atoms with Crippen molar-refractivity contribution in [3.05, 3.63) is 0 Å². The summed E-state index contributed by atoms with van der Waals surface area (Å²) < 4.78 is 0. The molecule has 0 spiro atoms. The third-order valence-electron chi connectivity index (χ3n) is 2.41. The van der Waals surface area contributed by atoms with E-state index in [-0.39, 0.29) is 0 Å². The van der Waals surface area contributed by atoms with Gasteiger partial charge < -0.3 is 0 Å². The summed E-state index contributed by atoms with van der Waals surface area (Å²) in [6, 6.07) is 0. The summed E-state index contributed by atoms with van der Waals surface area (Å²) in [7, 11) is 0. The van der Waals surface area contributed by atoms with E-state index in [0.717, 1.165) is 57.9 Å². The molecule has 2 nitrogen and oxygen atoms in total. The molecule has 2 heteroatoms. The van der Waals surface area contributed by atoms with Crippen molar-refractivity contribution in [1.29, 1.82) is 0 Å². The van der Waals surface area contributed by atoms with Crippen molar-refractivity contribution in [2.45, 2.75) is 51.4 Å².